The fourth-order valence-corrected chi connectivity index (χ4v) is 4.14. The summed E-state index contributed by atoms with van der Waals surface area (Å²) in [6.07, 6.45) is 3.99. The summed E-state index contributed by atoms with van der Waals surface area (Å²) in [4.78, 5) is 18.0. The predicted molar refractivity (Wildman–Crippen MR) is 85.4 cm³/mol. The molecule has 0 radical (unpaired) electrons. The molecule has 0 atom stereocenters. The highest BCUT2D eigenvalue weighted by molar-refractivity contribution is 7.88. The van der Waals surface area contributed by atoms with Crippen LogP contribution >= 0.6 is 11.6 Å². The van der Waals surface area contributed by atoms with E-state index < -0.39 is 10.0 Å². The number of hydrogen-bond donors (Lipinski definition) is 0. The Morgan fingerprint density at radius 2 is 2.05 bits per heavy atom. The van der Waals surface area contributed by atoms with Gasteiger partial charge in [-0.25, -0.2) is 13.4 Å². The largest absolute Gasteiger partial charge is 0.338 e. The lowest BCUT2D eigenvalue weighted by Crippen LogP contribution is -2.48. The molecule has 0 aliphatic carbocycles. The monoisotopic (exact) mass is 345 g/mol. The van der Waals surface area contributed by atoms with Crippen LogP contribution in [0.15, 0.2) is 18.3 Å². The van der Waals surface area contributed by atoms with E-state index in [9.17, 15) is 13.2 Å². The number of sulfonamides is 1. The highest BCUT2D eigenvalue weighted by atomic mass is 35.5. The van der Waals surface area contributed by atoms with Crippen LogP contribution in [0, 0.1) is 0 Å². The molecule has 0 spiro atoms. The van der Waals surface area contributed by atoms with Crippen molar-refractivity contribution in [2.75, 3.05) is 25.9 Å². The molecular weight excluding hydrogens is 326 g/mol. The Balaban J connectivity index is 2.00. The van der Waals surface area contributed by atoms with Gasteiger partial charge in [0.25, 0.3) is 5.91 Å². The molecule has 2 rings (SSSR count). The third kappa shape index (κ3) is 3.97. The van der Waals surface area contributed by atoms with Gasteiger partial charge in [-0.3, -0.25) is 4.79 Å². The van der Waals surface area contributed by atoms with Crippen LogP contribution in [0.3, 0.4) is 0 Å². The molecule has 22 heavy (non-hydrogen) atoms. The average molecular weight is 346 g/mol. The molecule has 1 aromatic rings. The van der Waals surface area contributed by atoms with Crippen LogP contribution in [0.2, 0.25) is 5.15 Å². The van der Waals surface area contributed by atoms with Gasteiger partial charge < -0.3 is 4.90 Å². The second-order valence-electron chi connectivity index (χ2n) is 5.36. The first kappa shape index (κ1) is 17.2. The Hall–Kier alpha value is -1.18. The molecule has 6 nitrogen and oxygen atoms in total. The Labute approximate surface area is 136 Å². The Kier molecular flexibility index (Phi) is 5.41. The normalized spacial score (nSPS) is 17.0. The molecule has 1 saturated heterocycles. The Morgan fingerprint density at radius 1 is 1.41 bits per heavy atom. The summed E-state index contributed by atoms with van der Waals surface area (Å²) in [6.45, 7) is 3.37. The first-order chi connectivity index (χ1) is 10.3. The second-order valence-corrected chi connectivity index (χ2v) is 7.68. The zero-order valence-corrected chi connectivity index (χ0v) is 14.3. The van der Waals surface area contributed by atoms with Crippen LogP contribution < -0.4 is 0 Å². The van der Waals surface area contributed by atoms with Crippen LogP contribution in [0.5, 0.6) is 0 Å². The van der Waals surface area contributed by atoms with Gasteiger partial charge in [0.1, 0.15) is 5.15 Å². The quantitative estimate of drug-likeness (QED) is 0.777. The van der Waals surface area contributed by atoms with Crippen molar-refractivity contribution in [1.29, 1.82) is 0 Å². The summed E-state index contributed by atoms with van der Waals surface area (Å²) in [7, 11) is -3.20. The van der Waals surface area contributed by atoms with Gasteiger partial charge in [-0.15, -0.1) is 0 Å². The van der Waals surface area contributed by atoms with Crippen LogP contribution in [0.4, 0.5) is 0 Å². The number of carbonyl (C=O) groups is 1. The van der Waals surface area contributed by atoms with E-state index in [1.807, 2.05) is 6.92 Å². The maximum Gasteiger partial charge on any atom is 0.255 e. The minimum atomic E-state index is -3.20. The molecule has 1 aliphatic rings. The maximum absolute atomic E-state index is 12.4. The predicted octanol–water partition coefficient (Wildman–Crippen LogP) is 1.62. The number of piperidine rings is 1. The summed E-state index contributed by atoms with van der Waals surface area (Å²) in [5.74, 6) is -0.0926. The molecule has 0 bridgehead atoms. The molecular formula is C14H20ClN3O3S. The van der Waals surface area contributed by atoms with E-state index in [1.54, 1.807) is 17.0 Å². The number of likely N-dealkylation sites (tertiary alicyclic amines) is 1. The number of amides is 1. The van der Waals surface area contributed by atoms with Crippen molar-refractivity contribution in [2.45, 2.75) is 25.8 Å². The fourth-order valence-electron chi connectivity index (χ4n) is 2.81. The van der Waals surface area contributed by atoms with Crippen molar-refractivity contribution >= 4 is 27.5 Å². The zero-order valence-electron chi connectivity index (χ0n) is 12.7. The highest BCUT2D eigenvalue weighted by Gasteiger charge is 2.30. The van der Waals surface area contributed by atoms with Crippen LogP contribution in [0.25, 0.3) is 0 Å². The Bertz CT molecular complexity index is 625. The van der Waals surface area contributed by atoms with Gasteiger partial charge >= 0.3 is 0 Å². The van der Waals surface area contributed by atoms with E-state index in [-0.39, 0.29) is 11.9 Å². The standard InChI is InChI=1S/C14H20ClN3O3S/c1-3-18(22(2,20)21)12-6-8-17(9-7-12)14(19)11-4-5-13(15)16-10-11/h4-5,10,12H,3,6-9H2,1-2H3. The third-order valence-corrected chi connectivity index (χ3v) is 5.50. The lowest BCUT2D eigenvalue weighted by molar-refractivity contribution is 0.0680. The van der Waals surface area contributed by atoms with Crippen molar-refractivity contribution in [3.8, 4) is 0 Å². The second kappa shape index (κ2) is 6.93. The van der Waals surface area contributed by atoms with E-state index in [2.05, 4.69) is 4.98 Å². The lowest BCUT2D eigenvalue weighted by atomic mass is 10.0. The average Bonchev–Trinajstić information content (AvgIpc) is 2.47. The van der Waals surface area contributed by atoms with Gasteiger partial charge in [0.05, 0.1) is 11.8 Å². The van der Waals surface area contributed by atoms with Crippen LogP contribution in [-0.2, 0) is 10.0 Å². The van der Waals surface area contributed by atoms with Gasteiger partial charge in [0.2, 0.25) is 10.0 Å². The molecule has 122 valence electrons. The highest BCUT2D eigenvalue weighted by Crippen LogP contribution is 2.20. The van der Waals surface area contributed by atoms with Crippen molar-refractivity contribution in [3.05, 3.63) is 29.0 Å². The number of aromatic nitrogens is 1. The number of nitrogens with zero attached hydrogens (tertiary/aromatic N) is 3. The summed E-state index contributed by atoms with van der Waals surface area (Å²) in [6, 6.07) is 3.20. The van der Waals surface area contributed by atoms with E-state index in [0.29, 0.717) is 43.2 Å². The van der Waals surface area contributed by atoms with E-state index in [4.69, 9.17) is 11.6 Å². The SMILES string of the molecule is CCN(C1CCN(C(=O)c2ccc(Cl)nc2)CC1)S(C)(=O)=O. The molecule has 1 amide bonds. The first-order valence-corrected chi connectivity index (χ1v) is 9.43. The molecule has 0 saturated carbocycles. The number of halogens is 1. The van der Waals surface area contributed by atoms with Crippen molar-refractivity contribution in [1.82, 2.24) is 14.2 Å². The van der Waals surface area contributed by atoms with Gasteiger partial charge in [-0.05, 0) is 25.0 Å². The van der Waals surface area contributed by atoms with Crippen molar-refractivity contribution in [3.63, 3.8) is 0 Å². The molecule has 1 aliphatic heterocycles. The van der Waals surface area contributed by atoms with E-state index >= 15 is 0 Å². The zero-order chi connectivity index (χ0) is 16.3. The molecule has 0 N–H and O–H groups in total. The van der Waals surface area contributed by atoms with Crippen LogP contribution in [0.1, 0.15) is 30.1 Å². The number of pyridine rings is 1. The van der Waals surface area contributed by atoms with Crippen molar-refractivity contribution < 1.29 is 13.2 Å². The van der Waals surface area contributed by atoms with Gasteiger partial charge in [-0.2, -0.15) is 4.31 Å². The first-order valence-electron chi connectivity index (χ1n) is 7.20. The summed E-state index contributed by atoms with van der Waals surface area (Å²) in [5.41, 5.74) is 0.498. The van der Waals surface area contributed by atoms with E-state index in [1.165, 1.54) is 16.8 Å². The maximum atomic E-state index is 12.4. The molecule has 1 fully saturated rings. The minimum absolute atomic E-state index is 0.0348. The lowest BCUT2D eigenvalue weighted by Gasteiger charge is -2.36. The molecule has 0 aromatic carbocycles. The smallest absolute Gasteiger partial charge is 0.255 e. The molecule has 0 unspecified atom stereocenters. The Morgan fingerprint density at radius 3 is 2.50 bits per heavy atom. The molecule has 1 aromatic heterocycles. The summed E-state index contributed by atoms with van der Waals surface area (Å²) < 4.78 is 25.0. The number of rotatable bonds is 4. The summed E-state index contributed by atoms with van der Waals surface area (Å²) >= 11 is 5.72. The van der Waals surface area contributed by atoms with Crippen molar-refractivity contribution in [2.24, 2.45) is 0 Å². The molecule has 8 heteroatoms. The summed E-state index contributed by atoms with van der Waals surface area (Å²) in [5, 5.41) is 0.349. The number of hydrogen-bond acceptors (Lipinski definition) is 4. The van der Waals surface area contributed by atoms with E-state index in [0.717, 1.165) is 0 Å². The van der Waals surface area contributed by atoms with Gasteiger partial charge in [0, 0.05) is 31.9 Å². The fraction of sp³-hybridized carbons (Fsp3) is 0.571. The third-order valence-electron chi connectivity index (χ3n) is 3.87. The minimum Gasteiger partial charge on any atom is -0.338 e. The van der Waals surface area contributed by atoms with Crippen LogP contribution in [-0.4, -0.2) is 60.4 Å². The molecule has 2 heterocycles. The number of carbonyl (C=O) groups excluding carboxylic acids is 1. The van der Waals surface area contributed by atoms with Gasteiger partial charge in [0.15, 0.2) is 0 Å². The topological polar surface area (TPSA) is 70.6 Å². The van der Waals surface area contributed by atoms with Gasteiger partial charge in [-0.1, -0.05) is 18.5 Å².